The van der Waals surface area contributed by atoms with Crippen LogP contribution in [0, 0.1) is 0 Å². The SMILES string of the molecule is CC(=O)N1C[C@H](O)C[C@H]1C. The van der Waals surface area contributed by atoms with Crippen LogP contribution in [0.5, 0.6) is 0 Å². The molecule has 1 aliphatic rings. The third-order valence-corrected chi connectivity index (χ3v) is 1.96. The molecule has 1 heterocycles. The van der Waals surface area contributed by atoms with Crippen molar-refractivity contribution in [3.8, 4) is 0 Å². The Kier molecular flexibility index (Phi) is 1.94. The number of carbonyl (C=O) groups is 1. The second-order valence-electron chi connectivity index (χ2n) is 2.91. The summed E-state index contributed by atoms with van der Waals surface area (Å²) in [5, 5.41) is 9.12. The number of likely N-dealkylation sites (tertiary alicyclic amines) is 1. The molecule has 58 valence electrons. The Bertz CT molecular complexity index is 147. The van der Waals surface area contributed by atoms with Crippen LogP contribution in [0.3, 0.4) is 0 Å². The smallest absolute Gasteiger partial charge is 0.219 e. The van der Waals surface area contributed by atoms with E-state index < -0.39 is 0 Å². The highest BCUT2D eigenvalue weighted by Crippen LogP contribution is 2.16. The Morgan fingerprint density at radius 3 is 2.50 bits per heavy atom. The average Bonchev–Trinajstić information content (AvgIpc) is 2.10. The van der Waals surface area contributed by atoms with E-state index in [9.17, 15) is 4.79 Å². The zero-order valence-electron chi connectivity index (χ0n) is 6.37. The van der Waals surface area contributed by atoms with Gasteiger partial charge in [-0.1, -0.05) is 0 Å². The normalized spacial score (nSPS) is 32.9. The fourth-order valence-corrected chi connectivity index (χ4v) is 1.44. The van der Waals surface area contributed by atoms with Gasteiger partial charge in [0.1, 0.15) is 0 Å². The van der Waals surface area contributed by atoms with Gasteiger partial charge in [-0.15, -0.1) is 0 Å². The van der Waals surface area contributed by atoms with Crippen LogP contribution in [0.25, 0.3) is 0 Å². The van der Waals surface area contributed by atoms with Crippen LogP contribution < -0.4 is 0 Å². The number of hydrogen-bond donors (Lipinski definition) is 1. The summed E-state index contributed by atoms with van der Waals surface area (Å²) in [6.45, 7) is 4.00. The van der Waals surface area contributed by atoms with Crippen LogP contribution >= 0.6 is 0 Å². The van der Waals surface area contributed by atoms with Crippen LogP contribution in [-0.2, 0) is 4.79 Å². The van der Waals surface area contributed by atoms with Crippen molar-refractivity contribution in [1.82, 2.24) is 4.90 Å². The van der Waals surface area contributed by atoms with E-state index in [-0.39, 0.29) is 18.1 Å². The summed E-state index contributed by atoms with van der Waals surface area (Å²) in [5.74, 6) is 0.0593. The van der Waals surface area contributed by atoms with Gasteiger partial charge in [-0.25, -0.2) is 0 Å². The highest BCUT2D eigenvalue weighted by molar-refractivity contribution is 5.73. The largest absolute Gasteiger partial charge is 0.391 e. The fraction of sp³-hybridized carbons (Fsp3) is 0.857. The topological polar surface area (TPSA) is 40.5 Å². The first-order valence-electron chi connectivity index (χ1n) is 3.56. The van der Waals surface area contributed by atoms with Gasteiger partial charge in [-0.2, -0.15) is 0 Å². The molecule has 0 saturated carbocycles. The van der Waals surface area contributed by atoms with Gasteiger partial charge >= 0.3 is 0 Å². The molecule has 0 aromatic carbocycles. The molecule has 1 saturated heterocycles. The van der Waals surface area contributed by atoms with Crippen LogP contribution in [0.15, 0.2) is 0 Å². The van der Waals surface area contributed by atoms with Crippen LogP contribution in [0.1, 0.15) is 20.3 Å². The maximum atomic E-state index is 10.8. The average molecular weight is 143 g/mol. The standard InChI is InChI=1S/C7H13NO2/c1-5-3-7(10)4-8(5)6(2)9/h5,7,10H,3-4H2,1-2H3/t5-,7-/m1/s1. The molecule has 0 bridgehead atoms. The maximum Gasteiger partial charge on any atom is 0.219 e. The third-order valence-electron chi connectivity index (χ3n) is 1.96. The Morgan fingerprint density at radius 2 is 2.30 bits per heavy atom. The molecule has 2 atom stereocenters. The van der Waals surface area contributed by atoms with Crippen molar-refractivity contribution >= 4 is 5.91 Å². The predicted molar refractivity (Wildman–Crippen MR) is 37.5 cm³/mol. The second kappa shape index (κ2) is 2.58. The van der Waals surface area contributed by atoms with Gasteiger partial charge in [0, 0.05) is 19.5 Å². The molecule has 1 aliphatic heterocycles. The zero-order valence-corrected chi connectivity index (χ0v) is 6.37. The number of aliphatic hydroxyl groups is 1. The van der Waals surface area contributed by atoms with Crippen molar-refractivity contribution in [3.63, 3.8) is 0 Å². The minimum absolute atomic E-state index is 0.0593. The number of nitrogens with zero attached hydrogens (tertiary/aromatic N) is 1. The van der Waals surface area contributed by atoms with Gasteiger partial charge in [0.15, 0.2) is 0 Å². The molecular formula is C7H13NO2. The van der Waals surface area contributed by atoms with Crippen molar-refractivity contribution in [3.05, 3.63) is 0 Å². The lowest BCUT2D eigenvalue weighted by Crippen LogP contribution is -2.32. The van der Waals surface area contributed by atoms with Gasteiger partial charge in [-0.05, 0) is 13.3 Å². The molecule has 10 heavy (non-hydrogen) atoms. The summed E-state index contributed by atoms with van der Waals surface area (Å²) in [6, 6.07) is 0.215. The second-order valence-corrected chi connectivity index (χ2v) is 2.91. The molecule has 0 aromatic rings. The molecule has 1 fully saturated rings. The van der Waals surface area contributed by atoms with E-state index in [1.54, 1.807) is 4.90 Å². The van der Waals surface area contributed by atoms with Crippen molar-refractivity contribution in [1.29, 1.82) is 0 Å². The first-order chi connectivity index (χ1) is 4.61. The zero-order chi connectivity index (χ0) is 7.72. The number of β-amino-alcohol motifs (C(OH)–C–C–N with tert-alkyl or cyclic N) is 1. The lowest BCUT2D eigenvalue weighted by atomic mass is 10.2. The van der Waals surface area contributed by atoms with Gasteiger partial charge in [-0.3, -0.25) is 4.79 Å². The molecule has 1 N–H and O–H groups in total. The van der Waals surface area contributed by atoms with Crippen molar-refractivity contribution in [2.45, 2.75) is 32.4 Å². The van der Waals surface area contributed by atoms with E-state index in [1.165, 1.54) is 6.92 Å². The predicted octanol–water partition coefficient (Wildman–Crippen LogP) is -0.0120. The fourth-order valence-electron chi connectivity index (χ4n) is 1.44. The molecule has 0 radical (unpaired) electrons. The number of hydrogen-bond acceptors (Lipinski definition) is 2. The van der Waals surface area contributed by atoms with Crippen molar-refractivity contribution in [2.75, 3.05) is 6.54 Å². The minimum Gasteiger partial charge on any atom is -0.391 e. The Hall–Kier alpha value is -0.570. The van der Waals surface area contributed by atoms with Crippen molar-refractivity contribution in [2.24, 2.45) is 0 Å². The summed E-state index contributed by atoms with van der Waals surface area (Å²) in [5.41, 5.74) is 0. The van der Waals surface area contributed by atoms with E-state index >= 15 is 0 Å². The first kappa shape index (κ1) is 7.54. The molecule has 1 amide bonds. The highest BCUT2D eigenvalue weighted by Gasteiger charge is 2.28. The monoisotopic (exact) mass is 143 g/mol. The number of amides is 1. The summed E-state index contributed by atoms with van der Waals surface area (Å²) in [7, 11) is 0. The molecule has 3 nitrogen and oxygen atoms in total. The number of rotatable bonds is 0. The van der Waals surface area contributed by atoms with E-state index in [2.05, 4.69) is 0 Å². The summed E-state index contributed by atoms with van der Waals surface area (Å²) in [4.78, 5) is 12.5. The maximum absolute atomic E-state index is 10.8. The van der Waals surface area contributed by atoms with Gasteiger partial charge in [0.25, 0.3) is 0 Å². The lowest BCUT2D eigenvalue weighted by Gasteiger charge is -2.18. The lowest BCUT2D eigenvalue weighted by molar-refractivity contribution is -0.129. The molecule has 0 aromatic heterocycles. The summed E-state index contributed by atoms with van der Waals surface area (Å²) in [6.07, 6.45) is 0.415. The van der Waals surface area contributed by atoms with E-state index in [0.717, 1.165) is 6.42 Å². The van der Waals surface area contributed by atoms with Crippen LogP contribution in [0.4, 0.5) is 0 Å². The van der Waals surface area contributed by atoms with E-state index in [0.29, 0.717) is 6.54 Å². The molecule has 1 rings (SSSR count). The summed E-state index contributed by atoms with van der Waals surface area (Å²) < 4.78 is 0. The Morgan fingerprint density at radius 1 is 1.70 bits per heavy atom. The van der Waals surface area contributed by atoms with Crippen LogP contribution in [0.2, 0.25) is 0 Å². The highest BCUT2D eigenvalue weighted by atomic mass is 16.3. The first-order valence-corrected chi connectivity index (χ1v) is 3.56. The molecule has 0 aliphatic carbocycles. The number of carbonyl (C=O) groups excluding carboxylic acids is 1. The van der Waals surface area contributed by atoms with Gasteiger partial charge < -0.3 is 10.0 Å². The van der Waals surface area contributed by atoms with Crippen molar-refractivity contribution < 1.29 is 9.90 Å². The van der Waals surface area contributed by atoms with Gasteiger partial charge in [0.2, 0.25) is 5.91 Å². The quantitative estimate of drug-likeness (QED) is 0.518. The van der Waals surface area contributed by atoms with E-state index in [4.69, 9.17) is 5.11 Å². The van der Waals surface area contributed by atoms with Crippen LogP contribution in [-0.4, -0.2) is 34.6 Å². The Balaban J connectivity index is 2.54. The number of aliphatic hydroxyl groups excluding tert-OH is 1. The molecule has 0 unspecified atom stereocenters. The third kappa shape index (κ3) is 1.29. The Labute approximate surface area is 60.6 Å². The summed E-state index contributed by atoms with van der Waals surface area (Å²) >= 11 is 0. The molecule has 0 spiro atoms. The van der Waals surface area contributed by atoms with Gasteiger partial charge in [0.05, 0.1) is 6.10 Å². The minimum atomic E-state index is -0.307. The van der Waals surface area contributed by atoms with E-state index in [1.807, 2.05) is 6.92 Å². The molecule has 3 heteroatoms. The molecular weight excluding hydrogens is 130 g/mol.